The Kier molecular flexibility index (Phi) is 5.04. The molecule has 1 rings (SSSR count). The highest BCUT2D eigenvalue weighted by Gasteiger charge is 2.06. The van der Waals surface area contributed by atoms with Crippen molar-refractivity contribution in [1.29, 1.82) is 0 Å². The minimum absolute atomic E-state index is 0.181. The first-order chi connectivity index (χ1) is 6.74. The van der Waals surface area contributed by atoms with Crippen molar-refractivity contribution in [2.45, 2.75) is 25.4 Å². The van der Waals surface area contributed by atoms with E-state index in [4.69, 9.17) is 0 Å². The van der Waals surface area contributed by atoms with E-state index < -0.39 is 0 Å². The van der Waals surface area contributed by atoms with E-state index in [9.17, 15) is 5.11 Å². The Hall–Kier alpha value is -0.480. The average Bonchev–Trinajstić information content (AvgIpc) is 2.58. The van der Waals surface area contributed by atoms with Crippen LogP contribution < -0.4 is 0 Å². The van der Waals surface area contributed by atoms with Crippen molar-refractivity contribution < 1.29 is 5.11 Å². The largest absolute Gasteiger partial charge is 0.393 e. The Morgan fingerprint density at radius 2 is 2.36 bits per heavy atom. The molecule has 0 radical (unpaired) electrons. The van der Waals surface area contributed by atoms with Crippen molar-refractivity contribution >= 4 is 11.8 Å². The number of rotatable bonds is 6. The molecule has 1 heterocycles. The number of aliphatic hydroxyl groups is 1. The normalized spacial score (nSPS) is 13.1. The van der Waals surface area contributed by atoms with Crippen LogP contribution in [0.3, 0.4) is 0 Å². The maximum absolute atomic E-state index is 9.62. The summed E-state index contributed by atoms with van der Waals surface area (Å²) in [6.45, 7) is 0. The lowest BCUT2D eigenvalue weighted by Crippen LogP contribution is -2.10. The molecule has 1 N–H and O–H groups in total. The molecule has 4 heteroatoms. The van der Waals surface area contributed by atoms with Gasteiger partial charge in [-0.3, -0.25) is 0 Å². The van der Waals surface area contributed by atoms with Crippen LogP contribution in [0.5, 0.6) is 0 Å². The first kappa shape index (κ1) is 11.6. The summed E-state index contributed by atoms with van der Waals surface area (Å²) in [5.74, 6) is 2.08. The number of thioether (sulfide) groups is 1. The SMILES string of the molecule is CSCCC(O)CCc1nccn1C. The molecule has 80 valence electrons. The summed E-state index contributed by atoms with van der Waals surface area (Å²) in [5, 5.41) is 9.62. The number of aromatic nitrogens is 2. The van der Waals surface area contributed by atoms with E-state index in [1.54, 1.807) is 18.0 Å². The summed E-state index contributed by atoms with van der Waals surface area (Å²) in [6.07, 6.45) is 8.16. The summed E-state index contributed by atoms with van der Waals surface area (Å²) in [4.78, 5) is 4.21. The topological polar surface area (TPSA) is 38.1 Å². The lowest BCUT2D eigenvalue weighted by atomic mass is 10.1. The van der Waals surface area contributed by atoms with Crippen molar-refractivity contribution in [3.63, 3.8) is 0 Å². The fourth-order valence-electron chi connectivity index (χ4n) is 1.33. The molecule has 0 saturated heterocycles. The molecule has 3 nitrogen and oxygen atoms in total. The molecule has 1 aromatic rings. The number of aryl methyl sites for hydroxylation is 2. The third-order valence-corrected chi connectivity index (χ3v) is 2.92. The van der Waals surface area contributed by atoms with Crippen molar-refractivity contribution in [1.82, 2.24) is 9.55 Å². The Labute approximate surface area is 89.5 Å². The number of hydrogen-bond donors (Lipinski definition) is 1. The molecule has 0 bridgehead atoms. The fraction of sp³-hybridized carbons (Fsp3) is 0.700. The van der Waals surface area contributed by atoms with Gasteiger partial charge >= 0.3 is 0 Å². The van der Waals surface area contributed by atoms with Gasteiger partial charge in [-0.25, -0.2) is 4.98 Å². The maximum atomic E-state index is 9.62. The third kappa shape index (κ3) is 3.72. The van der Waals surface area contributed by atoms with Crippen molar-refractivity contribution in [3.8, 4) is 0 Å². The van der Waals surface area contributed by atoms with Gasteiger partial charge in [-0.05, 0) is 24.9 Å². The standard InChI is InChI=1S/C10H18N2OS/c1-12-7-6-11-10(12)4-3-9(13)5-8-14-2/h6-7,9,13H,3-5,8H2,1-2H3. The van der Waals surface area contributed by atoms with Gasteiger partial charge in [0, 0.05) is 25.9 Å². The van der Waals surface area contributed by atoms with Crippen LogP contribution in [0.25, 0.3) is 0 Å². The highest BCUT2D eigenvalue weighted by atomic mass is 32.2. The number of hydrogen-bond acceptors (Lipinski definition) is 3. The lowest BCUT2D eigenvalue weighted by molar-refractivity contribution is 0.161. The molecular formula is C10H18N2OS. The molecule has 0 aliphatic heterocycles. The van der Waals surface area contributed by atoms with Gasteiger partial charge in [0.2, 0.25) is 0 Å². The molecule has 0 saturated carbocycles. The number of aliphatic hydroxyl groups excluding tert-OH is 1. The van der Waals surface area contributed by atoms with Gasteiger partial charge in [-0.15, -0.1) is 0 Å². The van der Waals surface area contributed by atoms with Gasteiger partial charge in [-0.2, -0.15) is 11.8 Å². The molecule has 0 aliphatic carbocycles. The average molecular weight is 214 g/mol. The summed E-state index contributed by atoms with van der Waals surface area (Å²) < 4.78 is 2.00. The van der Waals surface area contributed by atoms with E-state index >= 15 is 0 Å². The quantitative estimate of drug-likeness (QED) is 0.779. The van der Waals surface area contributed by atoms with Gasteiger partial charge in [0.15, 0.2) is 0 Å². The van der Waals surface area contributed by atoms with Crippen LogP contribution in [0.4, 0.5) is 0 Å². The molecule has 0 aromatic carbocycles. The minimum atomic E-state index is -0.181. The van der Waals surface area contributed by atoms with E-state index in [1.807, 2.05) is 17.8 Å². The predicted molar refractivity (Wildman–Crippen MR) is 60.5 cm³/mol. The molecule has 0 aliphatic rings. The van der Waals surface area contributed by atoms with Crippen molar-refractivity contribution in [2.24, 2.45) is 7.05 Å². The van der Waals surface area contributed by atoms with Crippen LogP contribution in [0, 0.1) is 0 Å². The van der Waals surface area contributed by atoms with Gasteiger partial charge in [0.25, 0.3) is 0 Å². The summed E-state index contributed by atoms with van der Waals surface area (Å²) >= 11 is 1.78. The first-order valence-corrected chi connectivity index (χ1v) is 6.26. The van der Waals surface area contributed by atoms with Gasteiger partial charge < -0.3 is 9.67 Å². The second kappa shape index (κ2) is 6.09. The highest BCUT2D eigenvalue weighted by Crippen LogP contribution is 2.07. The Balaban J connectivity index is 2.23. The predicted octanol–water partition coefficient (Wildman–Crippen LogP) is 1.47. The second-order valence-electron chi connectivity index (χ2n) is 3.43. The first-order valence-electron chi connectivity index (χ1n) is 4.87. The summed E-state index contributed by atoms with van der Waals surface area (Å²) in [7, 11) is 1.98. The fourth-order valence-corrected chi connectivity index (χ4v) is 1.84. The Morgan fingerprint density at radius 3 is 2.93 bits per heavy atom. The second-order valence-corrected chi connectivity index (χ2v) is 4.41. The molecular weight excluding hydrogens is 196 g/mol. The van der Waals surface area contributed by atoms with E-state index in [0.29, 0.717) is 0 Å². The van der Waals surface area contributed by atoms with Gasteiger partial charge in [0.05, 0.1) is 6.10 Å². The smallest absolute Gasteiger partial charge is 0.108 e. The van der Waals surface area contributed by atoms with Crippen LogP contribution in [0.15, 0.2) is 12.4 Å². The number of nitrogens with zero attached hydrogens (tertiary/aromatic N) is 2. The monoisotopic (exact) mass is 214 g/mol. The zero-order chi connectivity index (χ0) is 10.4. The summed E-state index contributed by atoms with van der Waals surface area (Å²) in [6, 6.07) is 0. The zero-order valence-electron chi connectivity index (χ0n) is 8.81. The summed E-state index contributed by atoms with van der Waals surface area (Å²) in [5.41, 5.74) is 0. The Bertz CT molecular complexity index is 262. The van der Waals surface area contributed by atoms with Crippen LogP contribution in [-0.4, -0.2) is 32.8 Å². The van der Waals surface area contributed by atoms with Crippen LogP contribution >= 0.6 is 11.8 Å². The molecule has 14 heavy (non-hydrogen) atoms. The van der Waals surface area contributed by atoms with E-state index in [0.717, 1.165) is 30.8 Å². The molecule has 0 amide bonds. The van der Waals surface area contributed by atoms with Crippen molar-refractivity contribution in [2.75, 3.05) is 12.0 Å². The van der Waals surface area contributed by atoms with Crippen LogP contribution in [-0.2, 0) is 13.5 Å². The number of imidazole rings is 1. The lowest BCUT2D eigenvalue weighted by Gasteiger charge is -2.08. The molecule has 1 aromatic heterocycles. The molecule has 0 fully saturated rings. The maximum Gasteiger partial charge on any atom is 0.108 e. The van der Waals surface area contributed by atoms with Crippen LogP contribution in [0.1, 0.15) is 18.7 Å². The molecule has 1 unspecified atom stereocenters. The zero-order valence-corrected chi connectivity index (χ0v) is 9.63. The minimum Gasteiger partial charge on any atom is -0.393 e. The molecule has 0 spiro atoms. The van der Waals surface area contributed by atoms with E-state index in [-0.39, 0.29) is 6.10 Å². The Morgan fingerprint density at radius 1 is 1.57 bits per heavy atom. The van der Waals surface area contributed by atoms with Gasteiger partial charge in [0.1, 0.15) is 5.82 Å². The highest BCUT2D eigenvalue weighted by molar-refractivity contribution is 7.98. The van der Waals surface area contributed by atoms with Gasteiger partial charge in [-0.1, -0.05) is 0 Å². The van der Waals surface area contributed by atoms with E-state index in [2.05, 4.69) is 11.2 Å². The molecule has 1 atom stereocenters. The van der Waals surface area contributed by atoms with E-state index in [1.165, 1.54) is 0 Å². The van der Waals surface area contributed by atoms with Crippen LogP contribution in [0.2, 0.25) is 0 Å². The van der Waals surface area contributed by atoms with Crippen molar-refractivity contribution in [3.05, 3.63) is 18.2 Å². The third-order valence-electron chi connectivity index (χ3n) is 2.28.